The van der Waals surface area contributed by atoms with E-state index in [4.69, 9.17) is 0 Å². The van der Waals surface area contributed by atoms with Crippen LogP contribution in [0.2, 0.25) is 0 Å². The topological polar surface area (TPSA) is 0 Å². The van der Waals surface area contributed by atoms with E-state index >= 15 is 0 Å². The zero-order valence-electron chi connectivity index (χ0n) is 71.0. The summed E-state index contributed by atoms with van der Waals surface area (Å²) in [7, 11) is 0. The Labute approximate surface area is 752 Å². The predicted octanol–water partition coefficient (Wildman–Crippen LogP) is 34.7. The van der Waals surface area contributed by atoms with Gasteiger partial charge in [-0.05, 0) is 323 Å². The molecule has 130 heavy (non-hydrogen) atoms. The third-order valence-electron chi connectivity index (χ3n) is 29.9. The quantitative estimate of drug-likeness (QED) is 0.115. The van der Waals surface area contributed by atoms with Gasteiger partial charge in [-0.3, -0.25) is 0 Å². The Morgan fingerprint density at radius 2 is 0.377 bits per heavy atom. The first-order chi connectivity index (χ1) is 64.5. The van der Waals surface area contributed by atoms with Crippen molar-refractivity contribution in [2.75, 3.05) is 0 Å². The molecule has 0 radical (unpaired) electrons. The molecule has 0 saturated heterocycles. The summed E-state index contributed by atoms with van der Waals surface area (Å²) in [5.41, 5.74) is 35.3. The maximum Gasteiger partial charge on any atom is 0.0725 e. The second-order valence-corrected chi connectivity index (χ2v) is 36.1. The molecule has 4 aliphatic rings. The lowest BCUT2D eigenvalue weighted by Gasteiger charge is -2.31. The maximum atomic E-state index is 2.58. The highest BCUT2D eigenvalue weighted by molar-refractivity contribution is 6.27. The SMILES string of the molecule is c1ccc(-c2c3ccccc3c(-c3cccc4ccccc34)c3cc(-c4cccc5c4ccc4cc6ccccc6cc45)ccc23)cc1.c1ccc2c(c1)-c1ccccc1C21c2ccccc2-c2ccc(-c3c4ccccc4c(-c4ccc5c(c4)C4(c6ccccc6-c6ccccc64)c4ccccc4-5)c4cc(-c5cccc6c5ccc5cc7ccccc7cc56)ccc34)cc21. The van der Waals surface area contributed by atoms with E-state index in [1.54, 1.807) is 0 Å². The van der Waals surface area contributed by atoms with E-state index in [1.807, 2.05) is 0 Å². The molecule has 0 unspecified atom stereocenters. The van der Waals surface area contributed by atoms with Crippen molar-refractivity contribution in [3.05, 3.63) is 518 Å². The third kappa shape index (κ3) is 10.2. The molecule has 598 valence electrons. The summed E-state index contributed by atoms with van der Waals surface area (Å²) < 4.78 is 0. The Morgan fingerprint density at radius 3 is 0.808 bits per heavy atom. The average molecular weight is 1640 g/mol. The Hall–Kier alpha value is -16.6. The molecule has 0 heterocycles. The van der Waals surface area contributed by atoms with Crippen LogP contribution in [0.15, 0.2) is 473 Å². The molecule has 25 aromatic carbocycles. The van der Waals surface area contributed by atoms with Crippen LogP contribution in [0.5, 0.6) is 0 Å². The van der Waals surface area contributed by atoms with Crippen LogP contribution in [0.4, 0.5) is 0 Å². The fraction of sp³-hybridized carbons (Fsp3) is 0.0154. The summed E-state index contributed by atoms with van der Waals surface area (Å²) in [5.74, 6) is 0. The van der Waals surface area contributed by atoms with Crippen LogP contribution in [0.25, 0.3) is 230 Å². The van der Waals surface area contributed by atoms with Gasteiger partial charge in [-0.1, -0.05) is 425 Å². The normalized spacial score (nSPS) is 13.2. The highest BCUT2D eigenvalue weighted by Crippen LogP contribution is 2.66. The molecular formula is C130H78. The molecule has 0 aliphatic heterocycles. The van der Waals surface area contributed by atoms with Gasteiger partial charge in [0.1, 0.15) is 0 Å². The van der Waals surface area contributed by atoms with Crippen molar-refractivity contribution in [3.63, 3.8) is 0 Å². The van der Waals surface area contributed by atoms with Gasteiger partial charge >= 0.3 is 0 Å². The summed E-state index contributed by atoms with van der Waals surface area (Å²) in [5, 5.41) is 27.8. The van der Waals surface area contributed by atoms with Crippen LogP contribution < -0.4 is 0 Å². The van der Waals surface area contributed by atoms with Gasteiger partial charge < -0.3 is 0 Å². The van der Waals surface area contributed by atoms with E-state index in [2.05, 4.69) is 473 Å². The van der Waals surface area contributed by atoms with Crippen LogP contribution in [-0.2, 0) is 10.8 Å². The number of hydrogen-bond acceptors (Lipinski definition) is 0. The van der Waals surface area contributed by atoms with E-state index in [9.17, 15) is 0 Å². The van der Waals surface area contributed by atoms with Crippen LogP contribution in [0.1, 0.15) is 44.5 Å². The molecule has 0 aromatic heterocycles. The monoisotopic (exact) mass is 1640 g/mol. The summed E-state index contributed by atoms with van der Waals surface area (Å²) in [4.78, 5) is 0. The molecule has 0 bridgehead atoms. The van der Waals surface area contributed by atoms with Crippen LogP contribution in [0.3, 0.4) is 0 Å². The Kier molecular flexibility index (Phi) is 15.6. The van der Waals surface area contributed by atoms with Gasteiger partial charge in [-0.2, -0.15) is 0 Å². The maximum absolute atomic E-state index is 2.58. The lowest BCUT2D eigenvalue weighted by atomic mass is 9.70. The fourth-order valence-electron chi connectivity index (χ4n) is 24.5. The zero-order chi connectivity index (χ0) is 85.0. The number of fused-ring (bicyclic) bond motifs is 33. The third-order valence-corrected chi connectivity index (χ3v) is 29.9. The average Bonchev–Trinajstić information content (AvgIpc) is 1.51. The van der Waals surface area contributed by atoms with Crippen LogP contribution >= 0.6 is 0 Å². The molecule has 0 saturated carbocycles. The fourth-order valence-corrected chi connectivity index (χ4v) is 24.5. The van der Waals surface area contributed by atoms with Crippen molar-refractivity contribution in [3.8, 4) is 111 Å². The second-order valence-electron chi connectivity index (χ2n) is 36.1. The van der Waals surface area contributed by atoms with Gasteiger partial charge in [0.2, 0.25) is 0 Å². The summed E-state index contributed by atoms with van der Waals surface area (Å²) in [6.45, 7) is 0. The second kappa shape index (κ2) is 27.9. The lowest BCUT2D eigenvalue weighted by molar-refractivity contribution is 0.794. The minimum absolute atomic E-state index is 0.464. The highest BCUT2D eigenvalue weighted by Gasteiger charge is 2.53. The molecule has 29 rings (SSSR count). The zero-order valence-corrected chi connectivity index (χ0v) is 71.0. The van der Waals surface area contributed by atoms with Crippen molar-refractivity contribution < 1.29 is 0 Å². The summed E-state index contributed by atoms with van der Waals surface area (Å²) in [6.07, 6.45) is 0. The smallest absolute Gasteiger partial charge is 0.0622 e. The Balaban J connectivity index is 0.000000150. The Bertz CT molecular complexity index is 9120. The van der Waals surface area contributed by atoms with Crippen LogP contribution in [-0.4, -0.2) is 0 Å². The molecule has 4 aliphatic carbocycles. The van der Waals surface area contributed by atoms with Crippen molar-refractivity contribution in [2.45, 2.75) is 10.8 Å². The van der Waals surface area contributed by atoms with Gasteiger partial charge in [-0.25, -0.2) is 0 Å². The largest absolute Gasteiger partial charge is 0.0725 e. The van der Waals surface area contributed by atoms with Crippen molar-refractivity contribution in [2.24, 2.45) is 0 Å². The highest BCUT2D eigenvalue weighted by atomic mass is 14.5. The van der Waals surface area contributed by atoms with Gasteiger partial charge in [0.05, 0.1) is 10.8 Å². The first-order valence-electron chi connectivity index (χ1n) is 45.6. The van der Waals surface area contributed by atoms with E-state index in [1.165, 1.54) is 274 Å². The minimum Gasteiger partial charge on any atom is -0.0622 e. The van der Waals surface area contributed by atoms with Crippen molar-refractivity contribution in [1.29, 1.82) is 0 Å². The summed E-state index contributed by atoms with van der Waals surface area (Å²) in [6, 6.07) is 179. The van der Waals surface area contributed by atoms with Crippen LogP contribution in [0, 0.1) is 0 Å². The number of rotatable bonds is 6. The van der Waals surface area contributed by atoms with E-state index < -0.39 is 10.8 Å². The molecule has 0 heteroatoms. The number of hydrogen-bond donors (Lipinski definition) is 0. The molecule has 0 N–H and O–H groups in total. The van der Waals surface area contributed by atoms with Gasteiger partial charge in [0.15, 0.2) is 0 Å². The molecule has 0 amide bonds. The molecule has 25 aromatic rings. The standard InChI is InChI=1S/C82H48.C48H30/c1-2-19-50-45-69-51(44-49(50)18-1)36-40-57-55(28-17-29-56(57)69)52-37-43-68-70(46-52)80(54-39-42-65-63-25-10-16-35-76(63)82(78(65)48-54)73-32-13-7-22-60(73)61-23-8-14-33-74(61)82)67-27-4-3-26-66(67)79(68)53-38-41-64-62-24-9-15-34-75(62)81(77(64)47-53)71-30-11-5-20-58(71)59-21-6-12-31-72(59)81;1-2-13-32(14-3-1)47-42-19-8-9-20-43(42)48(41-23-10-17-31-12-6-7-18-37(31)41)46-30-36(25-27-44(46)47)38-21-11-22-39-40(38)26-24-35-28-33-15-4-5-16-34(33)29-45(35)39/h1-48H;1-30H. The molecule has 0 atom stereocenters. The minimum atomic E-state index is -0.474. The first kappa shape index (κ1) is 72.6. The molecule has 2 spiro atoms. The van der Waals surface area contributed by atoms with E-state index in [0.717, 1.165) is 0 Å². The van der Waals surface area contributed by atoms with Gasteiger partial charge in [0.25, 0.3) is 0 Å². The lowest BCUT2D eigenvalue weighted by Crippen LogP contribution is -2.25. The van der Waals surface area contributed by atoms with Gasteiger partial charge in [-0.15, -0.1) is 0 Å². The van der Waals surface area contributed by atoms with Gasteiger partial charge in [0, 0.05) is 0 Å². The molecule has 0 fully saturated rings. The number of benzene rings is 25. The van der Waals surface area contributed by atoms with E-state index in [-0.39, 0.29) is 0 Å². The first-order valence-corrected chi connectivity index (χ1v) is 45.6. The predicted molar refractivity (Wildman–Crippen MR) is 551 cm³/mol. The molecular weight excluding hydrogens is 1560 g/mol. The summed E-state index contributed by atoms with van der Waals surface area (Å²) >= 11 is 0. The van der Waals surface area contributed by atoms with E-state index in [0.29, 0.717) is 0 Å². The van der Waals surface area contributed by atoms with Crippen molar-refractivity contribution in [1.82, 2.24) is 0 Å². The van der Waals surface area contributed by atoms with Crippen molar-refractivity contribution >= 4 is 118 Å². The Morgan fingerprint density at radius 1 is 0.100 bits per heavy atom. The molecule has 0 nitrogen and oxygen atoms in total.